The monoisotopic (exact) mass is 520 g/mol. The highest BCUT2D eigenvalue weighted by molar-refractivity contribution is 6.03. The fourth-order valence-electron chi connectivity index (χ4n) is 5.57. The number of aliphatic imine (C=N–C) groups is 1. The Morgan fingerprint density at radius 2 is 1.85 bits per heavy atom. The SMILES string of the molecule is Cc1ccc2c(c1)c(-c1ccccc1)nc(=O)n2CCCCCOc1ccc2c(c1)N=CC1CCCN1C2=O. The maximum atomic E-state index is 13.0. The van der Waals surface area contributed by atoms with Gasteiger partial charge < -0.3 is 9.64 Å². The van der Waals surface area contributed by atoms with Crippen LogP contribution in [0.25, 0.3) is 22.2 Å². The molecule has 1 atom stereocenters. The fourth-order valence-corrected chi connectivity index (χ4v) is 5.57. The van der Waals surface area contributed by atoms with E-state index < -0.39 is 0 Å². The summed E-state index contributed by atoms with van der Waals surface area (Å²) >= 11 is 0. The molecule has 0 aliphatic carbocycles. The number of fused-ring (bicyclic) bond motifs is 3. The molecule has 0 radical (unpaired) electrons. The molecule has 0 N–H and O–H groups in total. The normalized spacial score (nSPS) is 16.3. The van der Waals surface area contributed by atoms with Crippen molar-refractivity contribution < 1.29 is 9.53 Å². The molecule has 1 aromatic heterocycles. The van der Waals surface area contributed by atoms with Crippen molar-refractivity contribution in [2.24, 2.45) is 4.99 Å². The van der Waals surface area contributed by atoms with E-state index in [1.807, 2.05) is 71.8 Å². The van der Waals surface area contributed by atoms with E-state index in [0.717, 1.165) is 72.1 Å². The van der Waals surface area contributed by atoms with Gasteiger partial charge in [-0.15, -0.1) is 0 Å². The summed E-state index contributed by atoms with van der Waals surface area (Å²) in [5.74, 6) is 0.778. The number of amides is 1. The number of aromatic nitrogens is 2. The minimum absolute atomic E-state index is 0.0563. The number of aryl methyl sites for hydroxylation is 2. The van der Waals surface area contributed by atoms with Gasteiger partial charge in [-0.25, -0.2) is 4.79 Å². The highest BCUT2D eigenvalue weighted by atomic mass is 16.5. The average molecular weight is 521 g/mol. The molecular formula is C32H32N4O3. The van der Waals surface area contributed by atoms with Crippen LogP contribution in [-0.2, 0) is 6.54 Å². The summed E-state index contributed by atoms with van der Waals surface area (Å²) in [6, 6.07) is 21.7. The van der Waals surface area contributed by atoms with E-state index in [9.17, 15) is 9.59 Å². The van der Waals surface area contributed by atoms with E-state index in [2.05, 4.69) is 23.0 Å². The lowest BCUT2D eigenvalue weighted by Crippen LogP contribution is -2.35. The predicted molar refractivity (Wildman–Crippen MR) is 154 cm³/mol. The molecule has 0 spiro atoms. The number of benzene rings is 3. The Hall–Kier alpha value is -4.26. The molecule has 4 aromatic rings. The van der Waals surface area contributed by atoms with Crippen LogP contribution in [0.5, 0.6) is 5.75 Å². The maximum absolute atomic E-state index is 13.0. The van der Waals surface area contributed by atoms with Crippen LogP contribution in [-0.4, -0.2) is 45.8 Å². The summed E-state index contributed by atoms with van der Waals surface area (Å²) in [5, 5.41) is 0.994. The molecule has 0 bridgehead atoms. The van der Waals surface area contributed by atoms with E-state index in [0.29, 0.717) is 24.4 Å². The summed E-state index contributed by atoms with van der Waals surface area (Å²) in [6.07, 6.45) is 6.52. The third-order valence-electron chi connectivity index (χ3n) is 7.62. The molecule has 1 saturated heterocycles. The Bertz CT molecular complexity index is 1610. The van der Waals surface area contributed by atoms with Gasteiger partial charge in [-0.2, -0.15) is 4.98 Å². The van der Waals surface area contributed by atoms with Crippen molar-refractivity contribution in [2.75, 3.05) is 13.2 Å². The van der Waals surface area contributed by atoms with E-state index in [1.54, 1.807) is 4.57 Å². The molecule has 1 unspecified atom stereocenters. The average Bonchev–Trinajstić information content (AvgIpc) is 3.38. The maximum Gasteiger partial charge on any atom is 0.348 e. The van der Waals surface area contributed by atoms with Gasteiger partial charge in [0, 0.05) is 36.3 Å². The predicted octanol–water partition coefficient (Wildman–Crippen LogP) is 5.94. The number of nitrogens with zero attached hydrogens (tertiary/aromatic N) is 4. The molecule has 6 rings (SSSR count). The molecule has 7 heteroatoms. The second-order valence-corrected chi connectivity index (χ2v) is 10.4. The number of hydrogen-bond donors (Lipinski definition) is 0. The molecule has 3 heterocycles. The molecule has 2 aliphatic heterocycles. The van der Waals surface area contributed by atoms with Crippen LogP contribution >= 0.6 is 0 Å². The first-order valence-electron chi connectivity index (χ1n) is 13.8. The topological polar surface area (TPSA) is 76.8 Å². The van der Waals surface area contributed by atoms with Gasteiger partial charge in [0.25, 0.3) is 5.91 Å². The third kappa shape index (κ3) is 5.09. The Morgan fingerprint density at radius 1 is 0.974 bits per heavy atom. The van der Waals surface area contributed by atoms with Crippen LogP contribution < -0.4 is 10.4 Å². The van der Waals surface area contributed by atoms with Gasteiger partial charge in [-0.05, 0) is 63.3 Å². The zero-order chi connectivity index (χ0) is 26.8. The molecule has 1 fully saturated rings. The molecule has 2 aliphatic rings. The van der Waals surface area contributed by atoms with Gasteiger partial charge in [-0.3, -0.25) is 14.4 Å². The lowest BCUT2D eigenvalue weighted by molar-refractivity contribution is 0.0775. The van der Waals surface area contributed by atoms with Gasteiger partial charge >= 0.3 is 5.69 Å². The van der Waals surface area contributed by atoms with Crippen molar-refractivity contribution in [3.63, 3.8) is 0 Å². The van der Waals surface area contributed by atoms with Crippen molar-refractivity contribution in [1.29, 1.82) is 0 Å². The van der Waals surface area contributed by atoms with Gasteiger partial charge in [-0.1, -0.05) is 42.0 Å². The Kier molecular flexibility index (Phi) is 6.97. The van der Waals surface area contributed by atoms with E-state index in [4.69, 9.17) is 4.74 Å². The van der Waals surface area contributed by atoms with Crippen molar-refractivity contribution in [3.05, 3.63) is 88.3 Å². The minimum Gasteiger partial charge on any atom is -0.494 e. The van der Waals surface area contributed by atoms with Crippen LogP contribution in [0.15, 0.2) is 76.5 Å². The van der Waals surface area contributed by atoms with Crippen LogP contribution in [0.1, 0.15) is 48.0 Å². The molecular weight excluding hydrogens is 488 g/mol. The molecule has 0 saturated carbocycles. The first-order valence-corrected chi connectivity index (χ1v) is 13.8. The second kappa shape index (κ2) is 10.8. The second-order valence-electron chi connectivity index (χ2n) is 10.4. The van der Waals surface area contributed by atoms with E-state index in [1.165, 1.54) is 0 Å². The number of carbonyl (C=O) groups is 1. The zero-order valence-electron chi connectivity index (χ0n) is 22.2. The zero-order valence-corrected chi connectivity index (χ0v) is 22.2. The first kappa shape index (κ1) is 25.0. The number of hydrogen-bond acceptors (Lipinski definition) is 5. The largest absolute Gasteiger partial charge is 0.494 e. The summed E-state index contributed by atoms with van der Waals surface area (Å²) in [7, 11) is 0. The third-order valence-corrected chi connectivity index (χ3v) is 7.62. The van der Waals surface area contributed by atoms with Gasteiger partial charge in [0.15, 0.2) is 0 Å². The Labute approximate surface area is 227 Å². The van der Waals surface area contributed by atoms with Crippen LogP contribution in [0.3, 0.4) is 0 Å². The van der Waals surface area contributed by atoms with Crippen LogP contribution in [0.2, 0.25) is 0 Å². The van der Waals surface area contributed by atoms with E-state index in [-0.39, 0.29) is 17.6 Å². The summed E-state index contributed by atoms with van der Waals surface area (Å²) in [6.45, 7) is 4.02. The smallest absolute Gasteiger partial charge is 0.348 e. The van der Waals surface area contributed by atoms with Crippen LogP contribution in [0, 0.1) is 6.92 Å². The molecule has 1 amide bonds. The fraction of sp³-hybridized carbons (Fsp3) is 0.312. The highest BCUT2D eigenvalue weighted by Gasteiger charge is 2.31. The summed E-state index contributed by atoms with van der Waals surface area (Å²) in [5.41, 5.74) is 4.83. The van der Waals surface area contributed by atoms with Gasteiger partial charge in [0.1, 0.15) is 5.75 Å². The van der Waals surface area contributed by atoms with Crippen molar-refractivity contribution in [3.8, 4) is 17.0 Å². The number of ether oxygens (including phenoxy) is 1. The molecule has 198 valence electrons. The minimum atomic E-state index is -0.220. The standard InChI is InChI=1S/C32H32N4O3/c1-22-12-15-29-27(19-22)30(23-9-4-2-5-10-23)34-32(38)36(29)16-6-3-7-18-39-25-13-14-26-28(20-25)33-21-24-11-8-17-35(24)31(26)37/h2,4-5,9-10,12-15,19-21,24H,3,6-8,11,16-18H2,1H3. The van der Waals surface area contributed by atoms with Gasteiger partial charge in [0.05, 0.1) is 35.1 Å². The quantitative estimate of drug-likeness (QED) is 0.269. The Morgan fingerprint density at radius 3 is 2.72 bits per heavy atom. The number of carbonyl (C=O) groups excluding carboxylic acids is 1. The van der Waals surface area contributed by atoms with E-state index >= 15 is 0 Å². The highest BCUT2D eigenvalue weighted by Crippen LogP contribution is 2.32. The molecule has 3 aromatic carbocycles. The lowest BCUT2D eigenvalue weighted by atomic mass is 10.0. The Balaban J connectivity index is 1.08. The number of unbranched alkanes of at least 4 members (excludes halogenated alkanes) is 2. The first-order chi connectivity index (χ1) is 19.1. The number of rotatable bonds is 8. The van der Waals surface area contributed by atoms with Crippen LogP contribution in [0.4, 0.5) is 5.69 Å². The van der Waals surface area contributed by atoms with Crippen molar-refractivity contribution in [1.82, 2.24) is 14.5 Å². The lowest BCUT2D eigenvalue weighted by Gasteiger charge is -2.19. The van der Waals surface area contributed by atoms with Crippen molar-refractivity contribution >= 4 is 28.7 Å². The molecule has 39 heavy (non-hydrogen) atoms. The molecule has 7 nitrogen and oxygen atoms in total. The summed E-state index contributed by atoms with van der Waals surface area (Å²) in [4.78, 5) is 36.9. The summed E-state index contributed by atoms with van der Waals surface area (Å²) < 4.78 is 7.77. The van der Waals surface area contributed by atoms with Crippen molar-refractivity contribution in [2.45, 2.75) is 51.6 Å². The van der Waals surface area contributed by atoms with Gasteiger partial charge in [0.2, 0.25) is 0 Å².